The number of imidazole rings is 1. The Kier molecular flexibility index (Phi) is 26.0. The van der Waals surface area contributed by atoms with Gasteiger partial charge in [-0.05, 0) is 12.3 Å². The van der Waals surface area contributed by atoms with Gasteiger partial charge in [-0.3, -0.25) is 32.5 Å². The first-order valence-electron chi connectivity index (χ1n) is 22.9. The van der Waals surface area contributed by atoms with E-state index in [0.717, 1.165) is 67.4 Å². The van der Waals surface area contributed by atoms with Crippen molar-refractivity contribution in [2.45, 2.75) is 154 Å². The molecule has 29 heteroatoms. The fraction of sp³-hybridized carbons (Fsp3) is 0.775. The Hall–Kier alpha value is -2.77. The third kappa shape index (κ3) is 22.7. The van der Waals surface area contributed by atoms with Gasteiger partial charge >= 0.3 is 23.5 Å². The van der Waals surface area contributed by atoms with E-state index in [1.54, 1.807) is 0 Å². The second kappa shape index (κ2) is 29.7. The monoisotopic (exact) mass is 1060 g/mol. The predicted molar refractivity (Wildman–Crippen MR) is 252 cm³/mol. The largest absolute Gasteiger partial charge is 0.481 e. The molecule has 2 aromatic heterocycles. The quantitative estimate of drug-likeness (QED) is 0.0260. The zero-order valence-corrected chi connectivity index (χ0v) is 42.7. The summed E-state index contributed by atoms with van der Waals surface area (Å²) in [5.74, 6) is -0.789. The Bertz CT molecular complexity index is 2080. The molecule has 3 unspecified atom stereocenters. The van der Waals surface area contributed by atoms with Crippen molar-refractivity contribution in [1.82, 2.24) is 30.2 Å². The molecule has 3 rings (SSSR count). The number of aliphatic hydroxyl groups is 2. The molecule has 1 fully saturated rings. The number of aliphatic hydroxyl groups excluding tert-OH is 2. The molecule has 0 saturated carbocycles. The molecule has 8 atom stereocenters. The number of nitrogen functional groups attached to an aromatic ring is 1. The van der Waals surface area contributed by atoms with Crippen molar-refractivity contribution in [2.75, 3.05) is 37.8 Å². The number of anilines is 1. The maximum Gasteiger partial charge on any atom is 0.481 e. The summed E-state index contributed by atoms with van der Waals surface area (Å²) < 4.78 is 62.5. The number of nitrogens with two attached hydrogens (primary N) is 1. The van der Waals surface area contributed by atoms with Crippen molar-refractivity contribution >= 4 is 75.4 Å². The van der Waals surface area contributed by atoms with Gasteiger partial charge in [-0.25, -0.2) is 28.6 Å². The molecule has 25 nitrogen and oxygen atoms in total. The number of phosphoric ester groups is 3. The molecule has 394 valence electrons. The number of phosphoric acid groups is 3. The molecule has 1 aliphatic rings. The molecule has 0 radical (unpaired) electrons. The van der Waals surface area contributed by atoms with Gasteiger partial charge in [-0.2, -0.15) is 4.31 Å². The lowest BCUT2D eigenvalue weighted by Gasteiger charge is -2.30. The van der Waals surface area contributed by atoms with Crippen molar-refractivity contribution in [3.8, 4) is 0 Å². The van der Waals surface area contributed by atoms with Gasteiger partial charge in [-0.15, -0.1) is 0 Å². The third-order valence-corrected chi connectivity index (χ3v) is 15.0. The number of hydrogen-bond acceptors (Lipinski definition) is 19. The molecule has 69 heavy (non-hydrogen) atoms. The van der Waals surface area contributed by atoms with E-state index in [0.29, 0.717) is 18.6 Å². The SMILES string of the molecule is C[C@H](CCCCCCCCCCCCCCC=O)CC(=O)SCCNC(=O)CCNC(=O)C(O)C(C)(C)COP(=O)(O)OP(=O)(O)OC[C@H]1O[C@@H](n2cnc3c(N)ncnc32)[C@H](O)[C@@H]1OP(=O)(O)O. The van der Waals surface area contributed by atoms with Gasteiger partial charge in [0.2, 0.25) is 11.8 Å². The number of aldehydes is 1. The number of fused-ring (bicyclic) bond motifs is 1. The minimum absolute atomic E-state index is 0.0308. The van der Waals surface area contributed by atoms with Crippen LogP contribution < -0.4 is 16.4 Å². The Labute approximate surface area is 405 Å². The van der Waals surface area contributed by atoms with Gasteiger partial charge in [0.05, 0.1) is 19.5 Å². The Morgan fingerprint density at radius 3 is 2.14 bits per heavy atom. The van der Waals surface area contributed by atoms with Crippen LogP contribution in [0.2, 0.25) is 0 Å². The lowest BCUT2D eigenvalue weighted by atomic mass is 9.87. The van der Waals surface area contributed by atoms with Crippen molar-refractivity contribution < 1.29 is 85.3 Å². The number of ether oxygens (including phenoxy) is 1. The third-order valence-electron chi connectivity index (χ3n) is 11.0. The summed E-state index contributed by atoms with van der Waals surface area (Å²) in [5, 5.41) is 26.7. The Balaban J connectivity index is 1.30. The maximum absolute atomic E-state index is 12.8. The van der Waals surface area contributed by atoms with E-state index in [1.165, 1.54) is 65.2 Å². The van der Waals surface area contributed by atoms with Gasteiger partial charge < -0.3 is 55.7 Å². The highest BCUT2D eigenvalue weighted by Crippen LogP contribution is 2.61. The van der Waals surface area contributed by atoms with Crippen LogP contribution in [0.3, 0.4) is 0 Å². The molecule has 0 aromatic carbocycles. The summed E-state index contributed by atoms with van der Waals surface area (Å²) in [6, 6.07) is 0. The first-order chi connectivity index (χ1) is 32.4. The summed E-state index contributed by atoms with van der Waals surface area (Å²) in [6.07, 6.45) is 10.5. The number of carbonyl (C=O) groups excluding carboxylic acids is 4. The van der Waals surface area contributed by atoms with Crippen LogP contribution >= 0.6 is 35.2 Å². The summed E-state index contributed by atoms with van der Waals surface area (Å²) in [7, 11) is -16.4. The summed E-state index contributed by atoms with van der Waals surface area (Å²) in [6.45, 7) is 2.60. The van der Waals surface area contributed by atoms with Crippen LogP contribution in [0.25, 0.3) is 11.2 Å². The van der Waals surface area contributed by atoms with E-state index in [2.05, 4.69) is 41.3 Å². The van der Waals surface area contributed by atoms with Crippen LogP contribution in [0.5, 0.6) is 0 Å². The minimum Gasteiger partial charge on any atom is -0.386 e. The van der Waals surface area contributed by atoms with E-state index < -0.39 is 84.6 Å². The lowest BCUT2D eigenvalue weighted by Crippen LogP contribution is -2.46. The van der Waals surface area contributed by atoms with Crippen LogP contribution in [0.1, 0.15) is 130 Å². The average molecular weight is 1060 g/mol. The van der Waals surface area contributed by atoms with Crippen LogP contribution in [-0.4, -0.2) is 129 Å². The van der Waals surface area contributed by atoms with E-state index in [9.17, 15) is 62.7 Å². The lowest BCUT2D eigenvalue weighted by molar-refractivity contribution is -0.137. The number of rotatable bonds is 36. The zero-order valence-electron chi connectivity index (χ0n) is 39.2. The van der Waals surface area contributed by atoms with Gasteiger partial charge in [-0.1, -0.05) is 110 Å². The smallest absolute Gasteiger partial charge is 0.386 e. The van der Waals surface area contributed by atoms with Crippen LogP contribution in [0, 0.1) is 11.3 Å². The zero-order chi connectivity index (χ0) is 51.3. The fourth-order valence-electron chi connectivity index (χ4n) is 7.23. The molecular weight excluding hydrogens is 991 g/mol. The fourth-order valence-corrected chi connectivity index (χ4v) is 10.9. The summed E-state index contributed by atoms with van der Waals surface area (Å²) >= 11 is 1.15. The minimum atomic E-state index is -5.58. The van der Waals surface area contributed by atoms with Gasteiger partial charge in [0.15, 0.2) is 22.8 Å². The summed E-state index contributed by atoms with van der Waals surface area (Å²) in [4.78, 5) is 99.0. The Morgan fingerprint density at radius 2 is 1.52 bits per heavy atom. The number of nitrogens with zero attached hydrogens (tertiary/aromatic N) is 4. The van der Waals surface area contributed by atoms with Crippen LogP contribution in [-0.2, 0) is 55.5 Å². The predicted octanol–water partition coefficient (Wildman–Crippen LogP) is 4.35. The highest BCUT2D eigenvalue weighted by atomic mass is 32.2. The van der Waals surface area contributed by atoms with Crippen molar-refractivity contribution in [3.05, 3.63) is 12.7 Å². The van der Waals surface area contributed by atoms with Gasteiger partial charge in [0, 0.05) is 43.5 Å². The normalized spacial score (nSPS) is 20.2. The van der Waals surface area contributed by atoms with Gasteiger partial charge in [0.25, 0.3) is 0 Å². The molecule has 2 amide bonds. The van der Waals surface area contributed by atoms with Crippen LogP contribution in [0.15, 0.2) is 12.7 Å². The highest BCUT2D eigenvalue weighted by molar-refractivity contribution is 8.13. The standard InChI is InChI=1S/C40H70N7O18P3S/c1-28(17-15-13-11-9-7-5-4-6-8-10-12-14-16-21-48)23-31(50)69-22-20-42-30(49)18-19-43-38(53)35(52)40(2,3)25-62-68(59,60)65-67(57,58)61-24-29-34(64-66(54,55)56)33(51)39(63-29)47-27-46-32-36(41)44-26-45-37(32)47/h21,26-29,33-35,39,51-52H,4-20,22-25H2,1-3H3,(H,42,49)(H,43,53)(H,57,58)(H,59,60)(H2,41,44,45)(H2,54,55,56)/t28-,29-,33-,34-,35?,39-/m1/s1. The molecule has 3 heterocycles. The molecule has 2 aromatic rings. The number of aromatic nitrogens is 4. The number of unbranched alkanes of at least 4 members (excludes halogenated alkanes) is 12. The number of hydrogen-bond donors (Lipinski definition) is 9. The molecule has 0 spiro atoms. The van der Waals surface area contributed by atoms with Crippen molar-refractivity contribution in [2.24, 2.45) is 11.3 Å². The molecule has 0 aliphatic carbocycles. The number of nitrogens with one attached hydrogen (secondary N) is 2. The molecule has 1 saturated heterocycles. The number of thioether (sulfide) groups is 1. The average Bonchev–Trinajstić information content (AvgIpc) is 3.83. The van der Waals surface area contributed by atoms with E-state index >= 15 is 0 Å². The number of amides is 2. The molecule has 10 N–H and O–H groups in total. The first-order valence-corrected chi connectivity index (χ1v) is 28.4. The summed E-state index contributed by atoms with van der Waals surface area (Å²) in [5.41, 5.74) is 4.28. The maximum atomic E-state index is 12.8. The molecule has 0 bridgehead atoms. The highest BCUT2D eigenvalue weighted by Gasteiger charge is 2.50. The molecular formula is C40H70N7O18P3S. The van der Waals surface area contributed by atoms with Crippen molar-refractivity contribution in [3.63, 3.8) is 0 Å². The second-order valence-corrected chi connectivity index (χ2v) is 23.0. The van der Waals surface area contributed by atoms with Crippen molar-refractivity contribution in [1.29, 1.82) is 0 Å². The van der Waals surface area contributed by atoms with E-state index in [-0.39, 0.29) is 47.5 Å². The van der Waals surface area contributed by atoms with E-state index in [4.69, 9.17) is 19.5 Å². The number of carbonyl (C=O) groups is 4. The topological polar surface area (TPSA) is 381 Å². The van der Waals surface area contributed by atoms with E-state index in [1.807, 2.05) is 0 Å². The second-order valence-electron chi connectivity index (χ2n) is 17.6. The Morgan fingerprint density at radius 1 is 0.913 bits per heavy atom. The van der Waals surface area contributed by atoms with Gasteiger partial charge in [0.1, 0.15) is 42.5 Å². The first kappa shape index (κ1) is 60.5. The molecule has 1 aliphatic heterocycles. The van der Waals surface area contributed by atoms with Crippen LogP contribution in [0.4, 0.5) is 5.82 Å².